The fourth-order valence-corrected chi connectivity index (χ4v) is 3.11. The second kappa shape index (κ2) is 6.75. The van der Waals surface area contributed by atoms with Crippen LogP contribution < -0.4 is 5.73 Å². The van der Waals surface area contributed by atoms with E-state index in [0.717, 1.165) is 30.9 Å². The molecule has 1 fully saturated rings. The quantitative estimate of drug-likeness (QED) is 0.764. The highest BCUT2D eigenvalue weighted by Gasteiger charge is 2.33. The van der Waals surface area contributed by atoms with E-state index in [0.29, 0.717) is 0 Å². The highest BCUT2D eigenvalue weighted by molar-refractivity contribution is 4.83. The zero-order valence-electron chi connectivity index (χ0n) is 12.3. The third-order valence-corrected chi connectivity index (χ3v) is 4.09. The largest absolute Gasteiger partial charge is 0.376 e. The van der Waals surface area contributed by atoms with Gasteiger partial charge in [0.2, 0.25) is 0 Å². The number of ether oxygens (including phenoxy) is 1. The van der Waals surface area contributed by atoms with Crippen LogP contribution in [0.25, 0.3) is 0 Å². The Morgan fingerprint density at radius 3 is 2.47 bits per heavy atom. The summed E-state index contributed by atoms with van der Waals surface area (Å²) in [7, 11) is 0. The van der Waals surface area contributed by atoms with E-state index in [1.54, 1.807) is 0 Å². The van der Waals surface area contributed by atoms with Gasteiger partial charge in [-0.05, 0) is 57.3 Å². The molecule has 0 aromatic rings. The molecule has 0 aliphatic carbocycles. The van der Waals surface area contributed by atoms with Crippen molar-refractivity contribution >= 4 is 0 Å². The van der Waals surface area contributed by atoms with Crippen molar-refractivity contribution in [2.24, 2.45) is 17.8 Å². The van der Waals surface area contributed by atoms with Crippen LogP contribution in [-0.4, -0.2) is 18.8 Å². The molecule has 0 radical (unpaired) electrons. The zero-order valence-corrected chi connectivity index (χ0v) is 12.3. The zero-order chi connectivity index (χ0) is 12.9. The average Bonchev–Trinajstić information content (AvgIpc) is 2.22. The van der Waals surface area contributed by atoms with Crippen molar-refractivity contribution in [2.45, 2.75) is 65.4 Å². The van der Waals surface area contributed by atoms with Crippen LogP contribution in [0.4, 0.5) is 0 Å². The third-order valence-electron chi connectivity index (χ3n) is 4.09. The highest BCUT2D eigenvalue weighted by atomic mass is 16.5. The summed E-state index contributed by atoms with van der Waals surface area (Å²) in [6.07, 6.45) is 6.53. The van der Waals surface area contributed by atoms with Crippen LogP contribution in [0, 0.1) is 17.8 Å². The molecule has 1 aliphatic heterocycles. The molecule has 102 valence electrons. The van der Waals surface area contributed by atoms with Crippen molar-refractivity contribution in [3.8, 4) is 0 Å². The topological polar surface area (TPSA) is 36.9 Å². The summed E-state index contributed by atoms with van der Waals surface area (Å²) in [5.74, 6) is 2.56. The van der Waals surface area contributed by atoms with Gasteiger partial charge in [-0.3, -0.25) is 0 Å². The van der Waals surface area contributed by atoms with Crippen LogP contribution in [-0.2, 0) is 4.74 Å². The number of hydrogen-bond acceptors (Lipinski definition) is 1. The smallest absolute Gasteiger partial charge is 0.0742 e. The van der Waals surface area contributed by atoms with Crippen molar-refractivity contribution in [1.29, 1.82) is 0 Å². The van der Waals surface area contributed by atoms with Crippen molar-refractivity contribution in [1.82, 2.24) is 0 Å². The summed E-state index contributed by atoms with van der Waals surface area (Å²) in [5.41, 5.74) is 4.15. The second-order valence-electron chi connectivity index (χ2n) is 6.73. The molecule has 0 amide bonds. The summed E-state index contributed by atoms with van der Waals surface area (Å²) in [6, 6.07) is 0. The molecule has 1 saturated heterocycles. The van der Waals surface area contributed by atoms with Gasteiger partial charge in [0.05, 0.1) is 12.1 Å². The van der Waals surface area contributed by atoms with E-state index in [2.05, 4.69) is 33.4 Å². The van der Waals surface area contributed by atoms with E-state index in [4.69, 9.17) is 4.74 Å². The first-order valence-electron chi connectivity index (χ1n) is 7.38. The maximum absolute atomic E-state index is 5.83. The summed E-state index contributed by atoms with van der Waals surface area (Å²) in [5, 5.41) is 0. The molecule has 0 saturated carbocycles. The van der Waals surface area contributed by atoms with Gasteiger partial charge < -0.3 is 10.5 Å². The summed E-state index contributed by atoms with van der Waals surface area (Å²) < 4.78 is 5.83. The molecule has 0 spiro atoms. The maximum atomic E-state index is 5.83. The summed E-state index contributed by atoms with van der Waals surface area (Å²) >= 11 is 0. The SMILES string of the molecule is CC(C)CC[C@@H](CC[NH3+])[C@H]1CCOC(C)(C)C1. The Bertz CT molecular complexity index is 213. The Morgan fingerprint density at radius 2 is 1.94 bits per heavy atom. The van der Waals surface area contributed by atoms with E-state index in [1.165, 1.54) is 32.1 Å². The van der Waals surface area contributed by atoms with Gasteiger partial charge in [0.15, 0.2) is 0 Å². The minimum atomic E-state index is 0.0974. The lowest BCUT2D eigenvalue weighted by molar-refractivity contribution is -0.371. The summed E-state index contributed by atoms with van der Waals surface area (Å²) in [6.45, 7) is 11.2. The van der Waals surface area contributed by atoms with E-state index in [9.17, 15) is 0 Å². The lowest BCUT2D eigenvalue weighted by Gasteiger charge is -2.39. The van der Waals surface area contributed by atoms with Crippen molar-refractivity contribution < 1.29 is 10.5 Å². The fourth-order valence-electron chi connectivity index (χ4n) is 3.11. The summed E-state index contributed by atoms with van der Waals surface area (Å²) in [4.78, 5) is 0. The molecule has 1 rings (SSSR count). The van der Waals surface area contributed by atoms with E-state index in [1.807, 2.05) is 0 Å². The van der Waals surface area contributed by atoms with Gasteiger partial charge in [-0.15, -0.1) is 0 Å². The van der Waals surface area contributed by atoms with Crippen LogP contribution in [0.1, 0.15) is 59.8 Å². The molecule has 0 aromatic heterocycles. The number of rotatable bonds is 6. The standard InChI is InChI=1S/C15H31NO/c1-12(2)5-6-13(7-9-16)14-8-10-17-15(3,4)11-14/h12-14H,5-11,16H2,1-4H3/p+1/t13-,14-/m0/s1. The molecule has 2 heteroatoms. The fraction of sp³-hybridized carbons (Fsp3) is 1.00. The van der Waals surface area contributed by atoms with Crippen LogP contribution >= 0.6 is 0 Å². The molecule has 0 unspecified atom stereocenters. The maximum Gasteiger partial charge on any atom is 0.0742 e. The van der Waals surface area contributed by atoms with E-state index >= 15 is 0 Å². The second-order valence-corrected chi connectivity index (χ2v) is 6.73. The van der Waals surface area contributed by atoms with Gasteiger partial charge in [0, 0.05) is 6.61 Å². The first kappa shape index (κ1) is 15.0. The van der Waals surface area contributed by atoms with Gasteiger partial charge in [0.25, 0.3) is 0 Å². The van der Waals surface area contributed by atoms with Crippen LogP contribution in [0.3, 0.4) is 0 Å². The number of hydrogen-bond donors (Lipinski definition) is 1. The Kier molecular flexibility index (Phi) is 5.94. The van der Waals surface area contributed by atoms with Crippen molar-refractivity contribution in [2.75, 3.05) is 13.2 Å². The van der Waals surface area contributed by atoms with Gasteiger partial charge in [-0.1, -0.05) is 20.3 Å². The Labute approximate surface area is 107 Å². The van der Waals surface area contributed by atoms with E-state index in [-0.39, 0.29) is 5.60 Å². The van der Waals surface area contributed by atoms with Gasteiger partial charge in [0.1, 0.15) is 0 Å². The average molecular weight is 242 g/mol. The lowest BCUT2D eigenvalue weighted by Crippen LogP contribution is -2.51. The molecule has 3 N–H and O–H groups in total. The molecule has 0 aromatic carbocycles. The minimum Gasteiger partial charge on any atom is -0.376 e. The van der Waals surface area contributed by atoms with E-state index < -0.39 is 0 Å². The Hall–Kier alpha value is -0.0800. The van der Waals surface area contributed by atoms with Crippen LogP contribution in [0.2, 0.25) is 0 Å². The highest BCUT2D eigenvalue weighted by Crippen LogP contribution is 2.36. The van der Waals surface area contributed by atoms with Crippen LogP contribution in [0.15, 0.2) is 0 Å². The van der Waals surface area contributed by atoms with Gasteiger partial charge >= 0.3 is 0 Å². The Balaban J connectivity index is 2.50. The predicted molar refractivity (Wildman–Crippen MR) is 72.7 cm³/mol. The van der Waals surface area contributed by atoms with Gasteiger partial charge in [-0.2, -0.15) is 0 Å². The lowest BCUT2D eigenvalue weighted by atomic mass is 9.76. The molecular formula is C15H32NO+. The predicted octanol–water partition coefficient (Wildman–Crippen LogP) is 2.88. The van der Waals surface area contributed by atoms with Gasteiger partial charge in [-0.25, -0.2) is 0 Å². The first-order valence-corrected chi connectivity index (χ1v) is 7.38. The molecule has 2 nitrogen and oxygen atoms in total. The molecule has 1 heterocycles. The Morgan fingerprint density at radius 1 is 1.24 bits per heavy atom. The molecular weight excluding hydrogens is 210 g/mol. The monoisotopic (exact) mass is 242 g/mol. The molecule has 1 aliphatic rings. The van der Waals surface area contributed by atoms with Crippen molar-refractivity contribution in [3.63, 3.8) is 0 Å². The first-order chi connectivity index (χ1) is 7.94. The number of quaternary nitrogens is 1. The molecule has 2 atom stereocenters. The van der Waals surface area contributed by atoms with Crippen molar-refractivity contribution in [3.05, 3.63) is 0 Å². The minimum absolute atomic E-state index is 0.0974. The molecule has 17 heavy (non-hydrogen) atoms. The normalized spacial score (nSPS) is 26.1. The van der Waals surface area contributed by atoms with Crippen LogP contribution in [0.5, 0.6) is 0 Å². The molecule has 0 bridgehead atoms. The third kappa shape index (κ3) is 5.39.